The van der Waals surface area contributed by atoms with Crippen molar-refractivity contribution in [1.29, 1.82) is 0 Å². The first-order chi connectivity index (χ1) is 8.62. The van der Waals surface area contributed by atoms with Crippen LogP contribution in [0.1, 0.15) is 25.3 Å². The summed E-state index contributed by atoms with van der Waals surface area (Å²) in [5.74, 6) is 0.528. The van der Waals surface area contributed by atoms with E-state index in [0.717, 1.165) is 32.4 Å². The largest absolute Gasteiger partial charge is 0.316 e. The zero-order chi connectivity index (χ0) is 13.0. The van der Waals surface area contributed by atoms with Crippen molar-refractivity contribution >= 4 is 9.84 Å². The summed E-state index contributed by atoms with van der Waals surface area (Å²) in [6.45, 7) is 3.91. The Labute approximate surface area is 110 Å². The van der Waals surface area contributed by atoms with Crippen molar-refractivity contribution in [3.63, 3.8) is 0 Å². The Hall–Kier alpha value is -0.870. The van der Waals surface area contributed by atoms with Gasteiger partial charge >= 0.3 is 0 Å². The first kappa shape index (κ1) is 13.6. The van der Waals surface area contributed by atoms with Gasteiger partial charge in [-0.15, -0.1) is 0 Å². The van der Waals surface area contributed by atoms with E-state index in [-0.39, 0.29) is 11.7 Å². The second-order valence-corrected chi connectivity index (χ2v) is 7.03. The highest BCUT2D eigenvalue weighted by Gasteiger charge is 2.22. The van der Waals surface area contributed by atoms with Crippen LogP contribution in [0.4, 0.5) is 0 Å². The molecule has 1 aliphatic rings. The smallest absolute Gasteiger partial charge is 0.178 e. The van der Waals surface area contributed by atoms with E-state index >= 15 is 0 Å². The average molecular weight is 267 g/mol. The second kappa shape index (κ2) is 5.85. The van der Waals surface area contributed by atoms with Gasteiger partial charge in [0.25, 0.3) is 0 Å². The summed E-state index contributed by atoms with van der Waals surface area (Å²) in [6, 6.07) is 7.30. The lowest BCUT2D eigenvalue weighted by atomic mass is 10.0. The molecular weight excluding hydrogens is 246 g/mol. The summed E-state index contributed by atoms with van der Waals surface area (Å²) in [6.07, 6.45) is 3.03. The topological polar surface area (TPSA) is 46.2 Å². The molecule has 1 fully saturated rings. The van der Waals surface area contributed by atoms with Crippen LogP contribution >= 0.6 is 0 Å². The Morgan fingerprint density at radius 1 is 1.28 bits per heavy atom. The minimum atomic E-state index is -3.12. The molecule has 1 aromatic carbocycles. The van der Waals surface area contributed by atoms with E-state index in [2.05, 4.69) is 12.2 Å². The van der Waals surface area contributed by atoms with Crippen molar-refractivity contribution in [3.8, 4) is 0 Å². The molecule has 1 N–H and O–H groups in total. The number of aryl methyl sites for hydroxylation is 1. The lowest BCUT2D eigenvalue weighted by Crippen LogP contribution is -2.33. The molecular formula is C14H21NO2S. The van der Waals surface area contributed by atoms with Crippen molar-refractivity contribution in [2.45, 2.75) is 31.1 Å². The van der Waals surface area contributed by atoms with Gasteiger partial charge in [-0.05, 0) is 56.0 Å². The van der Waals surface area contributed by atoms with Crippen LogP contribution in [0.5, 0.6) is 0 Å². The molecule has 0 amide bonds. The first-order valence-corrected chi connectivity index (χ1v) is 8.29. The van der Waals surface area contributed by atoms with Gasteiger partial charge in [-0.25, -0.2) is 8.42 Å². The maximum Gasteiger partial charge on any atom is 0.178 e. The maximum absolute atomic E-state index is 12.3. The highest BCUT2D eigenvalue weighted by Crippen LogP contribution is 2.19. The number of sulfone groups is 1. The van der Waals surface area contributed by atoms with Gasteiger partial charge in [-0.3, -0.25) is 0 Å². The number of hydrogen-bond donors (Lipinski definition) is 1. The molecule has 0 saturated carbocycles. The zero-order valence-corrected chi connectivity index (χ0v) is 11.7. The fraction of sp³-hybridized carbons (Fsp3) is 0.571. The number of benzene rings is 1. The summed E-state index contributed by atoms with van der Waals surface area (Å²) in [4.78, 5) is 0.463. The van der Waals surface area contributed by atoms with E-state index in [1.807, 2.05) is 12.1 Å². The van der Waals surface area contributed by atoms with Crippen molar-refractivity contribution in [3.05, 3.63) is 29.8 Å². The van der Waals surface area contributed by atoms with Gasteiger partial charge in [0.2, 0.25) is 0 Å². The predicted molar refractivity (Wildman–Crippen MR) is 73.5 cm³/mol. The SMILES string of the molecule is CCc1ccc(S(=O)(=O)CC2CCCNC2)cc1. The summed E-state index contributed by atoms with van der Waals surface area (Å²) >= 11 is 0. The van der Waals surface area contributed by atoms with Gasteiger partial charge in [-0.2, -0.15) is 0 Å². The summed E-state index contributed by atoms with van der Waals surface area (Å²) in [5.41, 5.74) is 1.17. The van der Waals surface area contributed by atoms with E-state index in [1.165, 1.54) is 5.56 Å². The number of piperidine rings is 1. The van der Waals surface area contributed by atoms with Crippen LogP contribution in [-0.4, -0.2) is 27.3 Å². The molecule has 0 bridgehead atoms. The van der Waals surface area contributed by atoms with Crippen LogP contribution in [0.2, 0.25) is 0 Å². The normalized spacial score (nSPS) is 20.8. The fourth-order valence-corrected chi connectivity index (χ4v) is 4.05. The van der Waals surface area contributed by atoms with Crippen LogP contribution in [0, 0.1) is 5.92 Å². The third-order valence-corrected chi connectivity index (χ3v) is 5.45. The van der Waals surface area contributed by atoms with Crippen LogP contribution in [-0.2, 0) is 16.3 Å². The molecule has 1 aromatic rings. The lowest BCUT2D eigenvalue weighted by molar-refractivity contribution is 0.404. The molecule has 1 unspecified atom stereocenters. The molecule has 1 atom stereocenters. The highest BCUT2D eigenvalue weighted by molar-refractivity contribution is 7.91. The van der Waals surface area contributed by atoms with Gasteiger partial charge < -0.3 is 5.32 Å². The van der Waals surface area contributed by atoms with E-state index in [0.29, 0.717) is 4.90 Å². The van der Waals surface area contributed by atoms with Crippen molar-refractivity contribution in [1.82, 2.24) is 5.32 Å². The molecule has 1 heterocycles. The zero-order valence-electron chi connectivity index (χ0n) is 10.9. The first-order valence-electron chi connectivity index (χ1n) is 6.64. The van der Waals surface area contributed by atoms with E-state index in [4.69, 9.17) is 0 Å². The molecule has 1 aliphatic heterocycles. The molecule has 0 spiro atoms. The Kier molecular flexibility index (Phi) is 4.40. The van der Waals surface area contributed by atoms with Gasteiger partial charge in [0.1, 0.15) is 0 Å². The van der Waals surface area contributed by atoms with Crippen LogP contribution < -0.4 is 5.32 Å². The summed E-state index contributed by atoms with van der Waals surface area (Å²) in [7, 11) is -3.12. The van der Waals surface area contributed by atoms with E-state index < -0.39 is 9.84 Å². The molecule has 0 aliphatic carbocycles. The molecule has 3 nitrogen and oxygen atoms in total. The number of nitrogens with one attached hydrogen (secondary N) is 1. The average Bonchev–Trinajstić information content (AvgIpc) is 2.39. The Morgan fingerprint density at radius 3 is 2.56 bits per heavy atom. The summed E-state index contributed by atoms with van der Waals surface area (Å²) in [5, 5.41) is 3.26. The van der Waals surface area contributed by atoms with E-state index in [9.17, 15) is 8.42 Å². The van der Waals surface area contributed by atoms with Gasteiger partial charge in [0.05, 0.1) is 10.6 Å². The lowest BCUT2D eigenvalue weighted by Gasteiger charge is -2.22. The molecule has 18 heavy (non-hydrogen) atoms. The van der Waals surface area contributed by atoms with Crippen LogP contribution in [0.15, 0.2) is 29.2 Å². The molecule has 0 aromatic heterocycles. The number of rotatable bonds is 4. The highest BCUT2D eigenvalue weighted by atomic mass is 32.2. The summed E-state index contributed by atoms with van der Waals surface area (Å²) < 4.78 is 24.5. The Morgan fingerprint density at radius 2 is 2.00 bits per heavy atom. The predicted octanol–water partition coefficient (Wildman–Crippen LogP) is 2.02. The van der Waals surface area contributed by atoms with Crippen molar-refractivity contribution in [2.75, 3.05) is 18.8 Å². The standard InChI is InChI=1S/C14H21NO2S/c1-2-12-5-7-14(8-6-12)18(16,17)11-13-4-3-9-15-10-13/h5-8,13,15H,2-4,9-11H2,1H3. The third-order valence-electron chi connectivity index (χ3n) is 3.54. The monoisotopic (exact) mass is 267 g/mol. The molecule has 0 radical (unpaired) electrons. The Balaban J connectivity index is 2.08. The van der Waals surface area contributed by atoms with Gasteiger partial charge in [0.15, 0.2) is 9.84 Å². The van der Waals surface area contributed by atoms with E-state index in [1.54, 1.807) is 12.1 Å². The molecule has 1 saturated heterocycles. The molecule has 4 heteroatoms. The minimum Gasteiger partial charge on any atom is -0.316 e. The maximum atomic E-state index is 12.3. The Bertz CT molecular complexity index is 473. The van der Waals surface area contributed by atoms with Crippen LogP contribution in [0.25, 0.3) is 0 Å². The van der Waals surface area contributed by atoms with Crippen molar-refractivity contribution < 1.29 is 8.42 Å². The van der Waals surface area contributed by atoms with Gasteiger partial charge in [0, 0.05) is 0 Å². The quantitative estimate of drug-likeness (QED) is 0.908. The van der Waals surface area contributed by atoms with Gasteiger partial charge in [-0.1, -0.05) is 19.1 Å². The number of hydrogen-bond acceptors (Lipinski definition) is 3. The molecule has 2 rings (SSSR count). The third kappa shape index (κ3) is 3.33. The molecule has 100 valence electrons. The van der Waals surface area contributed by atoms with Crippen molar-refractivity contribution in [2.24, 2.45) is 5.92 Å². The second-order valence-electron chi connectivity index (χ2n) is 4.99. The fourth-order valence-electron chi connectivity index (χ4n) is 2.41. The van der Waals surface area contributed by atoms with Crippen LogP contribution in [0.3, 0.4) is 0 Å². The minimum absolute atomic E-state index is 0.259.